The standard InChI is InChI=1S/C12H19N3O2/c1-9(2)15-6-4-3-5-10(15)7-11-13-12(8-16)17-14-11/h8-10H,3-7H2,1-2H3. The van der Waals surface area contributed by atoms with E-state index >= 15 is 0 Å². The Hall–Kier alpha value is -1.23. The van der Waals surface area contributed by atoms with Crippen molar-refractivity contribution in [2.45, 2.75) is 51.6 Å². The summed E-state index contributed by atoms with van der Waals surface area (Å²) in [5, 5.41) is 3.83. The summed E-state index contributed by atoms with van der Waals surface area (Å²) in [5.74, 6) is 0.719. The number of likely N-dealkylation sites (tertiary alicyclic amines) is 1. The van der Waals surface area contributed by atoms with Crippen molar-refractivity contribution in [2.24, 2.45) is 0 Å². The Morgan fingerprint density at radius 1 is 1.53 bits per heavy atom. The Labute approximate surface area is 101 Å². The lowest BCUT2D eigenvalue weighted by Gasteiger charge is -2.38. The van der Waals surface area contributed by atoms with Gasteiger partial charge in [-0.05, 0) is 33.2 Å². The first-order valence-corrected chi connectivity index (χ1v) is 6.24. The normalized spacial score (nSPS) is 21.9. The van der Waals surface area contributed by atoms with Crippen LogP contribution in [0.4, 0.5) is 0 Å². The molecule has 17 heavy (non-hydrogen) atoms. The highest BCUT2D eigenvalue weighted by molar-refractivity contribution is 5.66. The first-order chi connectivity index (χ1) is 8.20. The van der Waals surface area contributed by atoms with Crippen molar-refractivity contribution in [2.75, 3.05) is 6.54 Å². The highest BCUT2D eigenvalue weighted by atomic mass is 16.5. The average Bonchev–Trinajstić information content (AvgIpc) is 2.77. The molecule has 0 radical (unpaired) electrons. The van der Waals surface area contributed by atoms with Gasteiger partial charge < -0.3 is 4.52 Å². The van der Waals surface area contributed by atoms with Crippen molar-refractivity contribution in [1.29, 1.82) is 0 Å². The monoisotopic (exact) mass is 237 g/mol. The molecule has 0 saturated carbocycles. The van der Waals surface area contributed by atoms with Crippen LogP contribution in [0.15, 0.2) is 4.52 Å². The van der Waals surface area contributed by atoms with E-state index < -0.39 is 0 Å². The van der Waals surface area contributed by atoms with Crippen molar-refractivity contribution in [3.8, 4) is 0 Å². The van der Waals surface area contributed by atoms with Crippen molar-refractivity contribution >= 4 is 6.29 Å². The fourth-order valence-corrected chi connectivity index (χ4v) is 2.53. The van der Waals surface area contributed by atoms with Crippen LogP contribution in [0, 0.1) is 0 Å². The van der Waals surface area contributed by atoms with E-state index in [4.69, 9.17) is 4.52 Å². The first-order valence-electron chi connectivity index (χ1n) is 6.24. The van der Waals surface area contributed by atoms with Gasteiger partial charge in [-0.1, -0.05) is 11.6 Å². The van der Waals surface area contributed by atoms with Crippen LogP contribution in [0.25, 0.3) is 0 Å². The van der Waals surface area contributed by atoms with Gasteiger partial charge in [0.05, 0.1) is 0 Å². The van der Waals surface area contributed by atoms with Gasteiger partial charge in [-0.3, -0.25) is 9.69 Å². The maximum Gasteiger partial charge on any atom is 0.290 e. The lowest BCUT2D eigenvalue weighted by atomic mass is 9.97. The third kappa shape index (κ3) is 2.91. The number of carbonyl (C=O) groups is 1. The van der Waals surface area contributed by atoms with Gasteiger partial charge in [0.25, 0.3) is 5.89 Å². The number of nitrogens with zero attached hydrogens (tertiary/aromatic N) is 3. The largest absolute Gasteiger partial charge is 0.331 e. The Morgan fingerprint density at radius 3 is 3.00 bits per heavy atom. The van der Waals surface area contributed by atoms with Crippen molar-refractivity contribution in [1.82, 2.24) is 15.0 Å². The van der Waals surface area contributed by atoms with E-state index in [1.807, 2.05) is 0 Å². The Kier molecular flexibility index (Phi) is 3.89. The molecular formula is C12H19N3O2. The summed E-state index contributed by atoms with van der Waals surface area (Å²) in [6.45, 7) is 5.57. The highest BCUT2D eigenvalue weighted by Crippen LogP contribution is 2.21. The van der Waals surface area contributed by atoms with E-state index in [1.54, 1.807) is 0 Å². The Bertz CT molecular complexity index is 376. The van der Waals surface area contributed by atoms with Gasteiger partial charge >= 0.3 is 0 Å². The van der Waals surface area contributed by atoms with E-state index in [0.29, 0.717) is 24.2 Å². The van der Waals surface area contributed by atoms with E-state index in [1.165, 1.54) is 19.3 Å². The number of rotatable bonds is 4. The molecule has 94 valence electrons. The van der Waals surface area contributed by atoms with Crippen LogP contribution < -0.4 is 0 Å². The minimum atomic E-state index is 0.0758. The van der Waals surface area contributed by atoms with Crippen LogP contribution in [0.1, 0.15) is 49.6 Å². The summed E-state index contributed by atoms with van der Waals surface area (Å²) in [6.07, 6.45) is 5.06. The second-order valence-corrected chi connectivity index (χ2v) is 4.85. The fraction of sp³-hybridized carbons (Fsp3) is 0.750. The minimum absolute atomic E-state index is 0.0758. The van der Waals surface area contributed by atoms with E-state index in [9.17, 15) is 4.79 Å². The maximum absolute atomic E-state index is 10.5. The lowest BCUT2D eigenvalue weighted by molar-refractivity contribution is 0.108. The fourth-order valence-electron chi connectivity index (χ4n) is 2.53. The maximum atomic E-state index is 10.5. The highest BCUT2D eigenvalue weighted by Gasteiger charge is 2.26. The summed E-state index contributed by atoms with van der Waals surface area (Å²) in [6, 6.07) is 1.01. The minimum Gasteiger partial charge on any atom is -0.331 e. The molecule has 1 aromatic rings. The van der Waals surface area contributed by atoms with Gasteiger partial charge in [-0.2, -0.15) is 4.98 Å². The Balaban J connectivity index is 2.02. The zero-order valence-electron chi connectivity index (χ0n) is 10.4. The third-order valence-corrected chi connectivity index (χ3v) is 3.34. The average molecular weight is 237 g/mol. The smallest absolute Gasteiger partial charge is 0.290 e. The second kappa shape index (κ2) is 5.40. The summed E-state index contributed by atoms with van der Waals surface area (Å²) in [5.41, 5.74) is 0. The molecule has 0 amide bonds. The quantitative estimate of drug-likeness (QED) is 0.746. The molecule has 5 heteroatoms. The molecule has 2 heterocycles. The summed E-state index contributed by atoms with van der Waals surface area (Å²) in [4.78, 5) is 17.0. The molecule has 1 aliphatic rings. The van der Waals surface area contributed by atoms with Gasteiger partial charge in [0.2, 0.25) is 6.29 Å². The molecule has 5 nitrogen and oxygen atoms in total. The van der Waals surface area contributed by atoms with E-state index in [-0.39, 0.29) is 5.89 Å². The molecule has 1 saturated heterocycles. The van der Waals surface area contributed by atoms with Crippen LogP contribution in [-0.2, 0) is 6.42 Å². The molecule has 1 aliphatic heterocycles. The van der Waals surface area contributed by atoms with Crippen LogP contribution in [-0.4, -0.2) is 40.0 Å². The number of piperidine rings is 1. The number of carbonyl (C=O) groups excluding carboxylic acids is 1. The SMILES string of the molecule is CC(C)N1CCCCC1Cc1noc(C=O)n1. The predicted octanol–water partition coefficient (Wildman–Crippen LogP) is 1.69. The second-order valence-electron chi connectivity index (χ2n) is 4.85. The first kappa shape index (κ1) is 12.2. The molecule has 0 N–H and O–H groups in total. The van der Waals surface area contributed by atoms with Crippen LogP contribution in [0.2, 0.25) is 0 Å². The number of hydrogen-bond acceptors (Lipinski definition) is 5. The molecule has 1 unspecified atom stereocenters. The topological polar surface area (TPSA) is 59.2 Å². The number of aromatic nitrogens is 2. The van der Waals surface area contributed by atoms with Gasteiger partial charge in [0.1, 0.15) is 0 Å². The van der Waals surface area contributed by atoms with Gasteiger partial charge in [-0.15, -0.1) is 0 Å². The molecule has 2 rings (SSSR count). The Morgan fingerprint density at radius 2 is 2.35 bits per heavy atom. The number of aldehydes is 1. The molecule has 1 atom stereocenters. The third-order valence-electron chi connectivity index (χ3n) is 3.34. The van der Waals surface area contributed by atoms with E-state index in [2.05, 4.69) is 28.9 Å². The zero-order chi connectivity index (χ0) is 12.3. The molecule has 0 spiro atoms. The van der Waals surface area contributed by atoms with Crippen molar-refractivity contribution in [3.63, 3.8) is 0 Å². The molecule has 0 aliphatic carbocycles. The zero-order valence-corrected chi connectivity index (χ0v) is 10.4. The summed E-state index contributed by atoms with van der Waals surface area (Å²) < 4.78 is 4.80. The molecule has 0 bridgehead atoms. The number of hydrogen-bond donors (Lipinski definition) is 0. The van der Waals surface area contributed by atoms with Crippen LogP contribution in [0.3, 0.4) is 0 Å². The van der Waals surface area contributed by atoms with Crippen molar-refractivity contribution < 1.29 is 9.32 Å². The van der Waals surface area contributed by atoms with Crippen molar-refractivity contribution in [3.05, 3.63) is 11.7 Å². The van der Waals surface area contributed by atoms with E-state index in [0.717, 1.165) is 13.0 Å². The predicted molar refractivity (Wildman–Crippen MR) is 62.9 cm³/mol. The lowest BCUT2D eigenvalue weighted by Crippen LogP contribution is -2.45. The molecule has 1 aromatic heterocycles. The summed E-state index contributed by atoms with van der Waals surface area (Å²) in [7, 11) is 0. The van der Waals surface area contributed by atoms with Crippen LogP contribution in [0.5, 0.6) is 0 Å². The molecule has 1 fully saturated rings. The van der Waals surface area contributed by atoms with Gasteiger partial charge in [-0.25, -0.2) is 0 Å². The summed E-state index contributed by atoms with van der Waals surface area (Å²) >= 11 is 0. The molecule has 0 aromatic carbocycles. The van der Waals surface area contributed by atoms with Gasteiger partial charge in [0, 0.05) is 18.5 Å². The van der Waals surface area contributed by atoms with Crippen LogP contribution >= 0.6 is 0 Å². The van der Waals surface area contributed by atoms with Gasteiger partial charge in [0.15, 0.2) is 5.82 Å². The molecular weight excluding hydrogens is 218 g/mol.